The van der Waals surface area contributed by atoms with Gasteiger partial charge < -0.3 is 15.2 Å². The fourth-order valence-corrected chi connectivity index (χ4v) is 2.17. The van der Waals surface area contributed by atoms with E-state index in [-0.39, 0.29) is 0 Å². The monoisotopic (exact) mass is 255 g/mol. The molecule has 18 heavy (non-hydrogen) atoms. The van der Waals surface area contributed by atoms with Crippen molar-refractivity contribution in [1.29, 1.82) is 0 Å². The summed E-state index contributed by atoms with van der Waals surface area (Å²) in [4.78, 5) is 23.1. The molecule has 0 aromatic carbocycles. The molecule has 0 bridgehead atoms. The third kappa shape index (κ3) is 2.66. The molecule has 1 fully saturated rings. The van der Waals surface area contributed by atoms with Crippen LogP contribution in [0.4, 0.5) is 4.79 Å². The summed E-state index contributed by atoms with van der Waals surface area (Å²) in [7, 11) is 0. The van der Waals surface area contributed by atoms with Crippen LogP contribution in [0.2, 0.25) is 0 Å². The molecule has 0 radical (unpaired) electrons. The SMILES string of the molecule is C=CC[C@]1(C)C[C@]1(NC(=O)OC(C)(C)C)C(=O)O. The molecule has 102 valence electrons. The van der Waals surface area contributed by atoms with Crippen LogP contribution in [0.5, 0.6) is 0 Å². The van der Waals surface area contributed by atoms with Crippen LogP contribution in [-0.2, 0) is 9.53 Å². The van der Waals surface area contributed by atoms with Gasteiger partial charge in [0.1, 0.15) is 11.1 Å². The molecule has 1 aliphatic rings. The van der Waals surface area contributed by atoms with Gasteiger partial charge in [-0.3, -0.25) is 0 Å². The molecule has 1 aliphatic carbocycles. The van der Waals surface area contributed by atoms with Crippen LogP contribution >= 0.6 is 0 Å². The molecule has 2 atom stereocenters. The molecule has 0 saturated heterocycles. The van der Waals surface area contributed by atoms with E-state index >= 15 is 0 Å². The van der Waals surface area contributed by atoms with Gasteiger partial charge in [0, 0.05) is 5.41 Å². The number of rotatable bonds is 4. The number of allylic oxidation sites excluding steroid dienone is 1. The molecule has 1 rings (SSSR count). The highest BCUT2D eigenvalue weighted by atomic mass is 16.6. The number of carboxylic acids is 1. The van der Waals surface area contributed by atoms with E-state index in [4.69, 9.17) is 4.74 Å². The summed E-state index contributed by atoms with van der Waals surface area (Å²) in [6, 6.07) is 0. The topological polar surface area (TPSA) is 75.6 Å². The number of alkyl carbamates (subject to hydrolysis) is 1. The van der Waals surface area contributed by atoms with E-state index < -0.39 is 28.6 Å². The van der Waals surface area contributed by atoms with E-state index in [2.05, 4.69) is 11.9 Å². The quantitative estimate of drug-likeness (QED) is 0.756. The second kappa shape index (κ2) is 4.30. The molecule has 5 nitrogen and oxygen atoms in total. The lowest BCUT2D eigenvalue weighted by Crippen LogP contribution is -2.48. The first kappa shape index (κ1) is 14.5. The predicted molar refractivity (Wildman–Crippen MR) is 67.3 cm³/mol. The molecule has 0 aliphatic heterocycles. The lowest BCUT2D eigenvalue weighted by Gasteiger charge is -2.24. The van der Waals surface area contributed by atoms with Gasteiger partial charge in [-0.25, -0.2) is 9.59 Å². The number of carboxylic acid groups (broad SMARTS) is 1. The van der Waals surface area contributed by atoms with Gasteiger partial charge in [0.05, 0.1) is 0 Å². The van der Waals surface area contributed by atoms with Crippen LogP contribution < -0.4 is 5.32 Å². The molecule has 0 aromatic heterocycles. The maximum absolute atomic E-state index is 11.7. The molecule has 0 unspecified atom stereocenters. The number of amides is 1. The minimum atomic E-state index is -1.23. The normalized spacial score (nSPS) is 30.4. The van der Waals surface area contributed by atoms with Crippen molar-refractivity contribution < 1.29 is 19.4 Å². The highest BCUT2D eigenvalue weighted by molar-refractivity contribution is 5.89. The first-order valence-corrected chi connectivity index (χ1v) is 5.92. The van der Waals surface area contributed by atoms with Gasteiger partial charge in [0.2, 0.25) is 0 Å². The van der Waals surface area contributed by atoms with Crippen LogP contribution in [-0.4, -0.2) is 28.3 Å². The molecule has 0 aromatic rings. The van der Waals surface area contributed by atoms with Crippen molar-refractivity contribution in [3.63, 3.8) is 0 Å². The Balaban J connectivity index is 2.77. The Kier molecular flexibility index (Phi) is 3.47. The largest absolute Gasteiger partial charge is 0.479 e. The van der Waals surface area contributed by atoms with E-state index in [1.54, 1.807) is 26.8 Å². The van der Waals surface area contributed by atoms with Crippen LogP contribution in [0.1, 0.15) is 40.5 Å². The number of nitrogens with one attached hydrogen (secondary N) is 1. The molecule has 0 spiro atoms. The average Bonchev–Trinajstić information content (AvgIpc) is 2.68. The Morgan fingerprint density at radius 2 is 2.06 bits per heavy atom. The van der Waals surface area contributed by atoms with Gasteiger partial charge in [-0.1, -0.05) is 13.0 Å². The lowest BCUT2D eigenvalue weighted by molar-refractivity contribution is -0.141. The van der Waals surface area contributed by atoms with Crippen molar-refractivity contribution in [2.24, 2.45) is 5.41 Å². The number of aliphatic carboxylic acids is 1. The van der Waals surface area contributed by atoms with Gasteiger partial charge in [-0.05, 0) is 33.6 Å². The van der Waals surface area contributed by atoms with Crippen molar-refractivity contribution in [1.82, 2.24) is 5.32 Å². The molecular formula is C13H21NO4. The Morgan fingerprint density at radius 3 is 2.44 bits per heavy atom. The Morgan fingerprint density at radius 1 is 1.50 bits per heavy atom. The van der Waals surface area contributed by atoms with Crippen LogP contribution in [0, 0.1) is 5.41 Å². The maximum Gasteiger partial charge on any atom is 0.408 e. The van der Waals surface area contributed by atoms with E-state index in [9.17, 15) is 14.7 Å². The molecule has 0 heterocycles. The summed E-state index contributed by atoms with van der Waals surface area (Å²) in [5, 5.41) is 11.8. The number of hydrogen-bond acceptors (Lipinski definition) is 3. The van der Waals surface area contributed by atoms with Crippen molar-refractivity contribution in [3.8, 4) is 0 Å². The van der Waals surface area contributed by atoms with Crippen LogP contribution in [0.25, 0.3) is 0 Å². The van der Waals surface area contributed by atoms with E-state index in [0.29, 0.717) is 12.8 Å². The number of carbonyl (C=O) groups excluding carboxylic acids is 1. The summed E-state index contributed by atoms with van der Waals surface area (Å²) in [5.41, 5.74) is -2.37. The fourth-order valence-electron chi connectivity index (χ4n) is 2.17. The number of ether oxygens (including phenoxy) is 1. The smallest absolute Gasteiger partial charge is 0.408 e. The highest BCUT2D eigenvalue weighted by Gasteiger charge is 2.70. The summed E-state index contributed by atoms with van der Waals surface area (Å²) in [6.45, 7) is 10.6. The van der Waals surface area contributed by atoms with E-state index in [0.717, 1.165) is 0 Å². The first-order chi connectivity index (χ1) is 8.06. The zero-order valence-electron chi connectivity index (χ0n) is 11.4. The summed E-state index contributed by atoms with van der Waals surface area (Å²) < 4.78 is 5.10. The van der Waals surface area contributed by atoms with Crippen LogP contribution in [0.15, 0.2) is 12.7 Å². The Hall–Kier alpha value is -1.52. The molecule has 1 amide bonds. The molecule has 1 saturated carbocycles. The van der Waals surface area contributed by atoms with Crippen LogP contribution in [0.3, 0.4) is 0 Å². The third-order valence-electron chi connectivity index (χ3n) is 3.23. The van der Waals surface area contributed by atoms with Crippen molar-refractivity contribution >= 4 is 12.1 Å². The standard InChI is InChI=1S/C13H21NO4/c1-6-7-12(5)8-13(12,9(15)16)14-10(17)18-11(2,3)4/h6H,1,7-8H2,2-5H3,(H,14,17)(H,15,16)/t12-,13+/m1/s1. The Bertz CT molecular complexity index is 385. The summed E-state index contributed by atoms with van der Waals surface area (Å²) in [6.07, 6.45) is 1.90. The fraction of sp³-hybridized carbons (Fsp3) is 0.692. The van der Waals surface area contributed by atoms with Gasteiger partial charge in [0.15, 0.2) is 0 Å². The minimum absolute atomic E-state index is 0.389. The Labute approximate surface area is 107 Å². The van der Waals surface area contributed by atoms with Crippen molar-refractivity contribution in [2.45, 2.75) is 51.7 Å². The van der Waals surface area contributed by atoms with Gasteiger partial charge in [-0.15, -0.1) is 6.58 Å². The van der Waals surface area contributed by atoms with Gasteiger partial charge in [0.25, 0.3) is 0 Å². The van der Waals surface area contributed by atoms with E-state index in [1.807, 2.05) is 6.92 Å². The zero-order valence-corrected chi connectivity index (χ0v) is 11.4. The highest BCUT2D eigenvalue weighted by Crippen LogP contribution is 2.58. The second-order valence-corrected chi connectivity index (χ2v) is 6.07. The van der Waals surface area contributed by atoms with Gasteiger partial charge in [-0.2, -0.15) is 0 Å². The lowest BCUT2D eigenvalue weighted by atomic mass is 9.98. The van der Waals surface area contributed by atoms with Crippen molar-refractivity contribution in [3.05, 3.63) is 12.7 Å². The number of hydrogen-bond donors (Lipinski definition) is 2. The van der Waals surface area contributed by atoms with Gasteiger partial charge >= 0.3 is 12.1 Å². The molecular weight excluding hydrogens is 234 g/mol. The average molecular weight is 255 g/mol. The summed E-state index contributed by atoms with van der Waals surface area (Å²) >= 11 is 0. The second-order valence-electron chi connectivity index (χ2n) is 6.07. The summed E-state index contributed by atoms with van der Waals surface area (Å²) in [5.74, 6) is -1.03. The minimum Gasteiger partial charge on any atom is -0.479 e. The first-order valence-electron chi connectivity index (χ1n) is 5.92. The van der Waals surface area contributed by atoms with Crippen molar-refractivity contribution in [2.75, 3.05) is 0 Å². The third-order valence-corrected chi connectivity index (χ3v) is 3.23. The maximum atomic E-state index is 11.7. The predicted octanol–water partition coefficient (Wildman–Crippen LogP) is 2.32. The van der Waals surface area contributed by atoms with E-state index in [1.165, 1.54) is 0 Å². The molecule has 2 N–H and O–H groups in total. The molecule has 5 heteroatoms. The zero-order chi connectivity index (χ0) is 14.2. The number of carbonyl (C=O) groups is 2.